The fourth-order valence-corrected chi connectivity index (χ4v) is 10.8. The first kappa shape index (κ1) is 20.4. The molecule has 1 aliphatic heterocycles. The second-order valence-electron chi connectivity index (χ2n) is 11.6. The van der Waals surface area contributed by atoms with Crippen LogP contribution in [0.15, 0.2) is 0 Å². The molecule has 1 spiro atoms. The third-order valence-corrected chi connectivity index (χ3v) is 11.3. The molecule has 30 heavy (non-hydrogen) atoms. The molecule has 5 saturated carbocycles. The zero-order chi connectivity index (χ0) is 21.2. The molecule has 0 amide bonds. The molecule has 6 rings (SSSR count). The minimum atomic E-state index is -0.540. The molecular weight excluding hydrogens is 382 g/mol. The van der Waals surface area contributed by atoms with E-state index >= 15 is 0 Å². The van der Waals surface area contributed by atoms with Crippen LogP contribution < -0.4 is 0 Å². The predicted molar refractivity (Wildman–Crippen MR) is 111 cm³/mol. The van der Waals surface area contributed by atoms with Crippen LogP contribution in [0.3, 0.4) is 0 Å². The minimum Gasteiger partial charge on any atom is -0.392 e. The summed E-state index contributed by atoms with van der Waals surface area (Å²) in [6, 6.07) is 0.239. The van der Waals surface area contributed by atoms with Gasteiger partial charge in [-0.25, -0.2) is 0 Å². The van der Waals surface area contributed by atoms with Crippen molar-refractivity contribution in [1.29, 1.82) is 0 Å². The molecule has 13 atom stereocenters. The van der Waals surface area contributed by atoms with E-state index in [1.54, 1.807) is 14.2 Å². The van der Waals surface area contributed by atoms with Gasteiger partial charge in [0.05, 0.1) is 30.0 Å². The van der Waals surface area contributed by atoms with Crippen molar-refractivity contribution in [1.82, 2.24) is 4.90 Å². The Hall–Kier alpha value is -0.240. The molecule has 6 aliphatic rings. The van der Waals surface area contributed by atoms with E-state index in [4.69, 9.17) is 14.2 Å². The van der Waals surface area contributed by atoms with Gasteiger partial charge in [0.1, 0.15) is 0 Å². The number of ether oxygens (including phenoxy) is 3. The Morgan fingerprint density at radius 3 is 2.47 bits per heavy atom. The topological polar surface area (TPSA) is 71.4 Å². The lowest BCUT2D eigenvalue weighted by atomic mass is 9.43. The van der Waals surface area contributed by atoms with Crippen LogP contribution in [0.2, 0.25) is 0 Å². The van der Waals surface area contributed by atoms with Crippen LogP contribution in [0.25, 0.3) is 0 Å². The van der Waals surface area contributed by atoms with Gasteiger partial charge in [0, 0.05) is 69.4 Å². The van der Waals surface area contributed by atoms with Crippen molar-refractivity contribution < 1.29 is 24.4 Å². The summed E-state index contributed by atoms with van der Waals surface area (Å²) in [4.78, 5) is 2.65. The van der Waals surface area contributed by atoms with Gasteiger partial charge in [-0.2, -0.15) is 0 Å². The molecule has 0 aromatic carbocycles. The highest BCUT2D eigenvalue weighted by Crippen LogP contribution is 2.79. The number of nitrogens with zero attached hydrogens (tertiary/aromatic N) is 1. The number of methoxy groups -OCH3 is 3. The predicted octanol–water partition coefficient (Wildman–Crippen LogP) is 1.53. The summed E-state index contributed by atoms with van der Waals surface area (Å²) in [5.41, 5.74) is -0.584. The summed E-state index contributed by atoms with van der Waals surface area (Å²) in [6.07, 6.45) is 3.12. The van der Waals surface area contributed by atoms with Crippen LogP contribution in [-0.2, 0) is 14.2 Å². The van der Waals surface area contributed by atoms with E-state index in [-0.39, 0.29) is 52.8 Å². The van der Waals surface area contributed by atoms with E-state index in [1.165, 1.54) is 0 Å². The fraction of sp³-hybridized carbons (Fsp3) is 1.00. The molecule has 6 nitrogen and oxygen atoms in total. The quantitative estimate of drug-likeness (QED) is 0.717. The highest BCUT2D eigenvalue weighted by Gasteiger charge is 2.86. The Bertz CT molecular complexity index is 734. The lowest BCUT2D eigenvalue weighted by Gasteiger charge is -2.69. The molecular formula is C24H39NO5. The second-order valence-corrected chi connectivity index (χ2v) is 11.6. The molecule has 0 aromatic heterocycles. The van der Waals surface area contributed by atoms with Crippen LogP contribution in [0.4, 0.5) is 0 Å². The molecule has 2 N–H and O–H groups in total. The van der Waals surface area contributed by atoms with Crippen LogP contribution in [0.1, 0.15) is 39.5 Å². The summed E-state index contributed by atoms with van der Waals surface area (Å²) in [5, 5.41) is 23.7. The first-order valence-corrected chi connectivity index (χ1v) is 12.1. The van der Waals surface area contributed by atoms with Crippen LogP contribution >= 0.6 is 0 Å². The second kappa shape index (κ2) is 6.21. The number of fused-ring (bicyclic) bond motifs is 2. The van der Waals surface area contributed by atoms with Gasteiger partial charge in [-0.3, -0.25) is 4.90 Å². The highest BCUT2D eigenvalue weighted by molar-refractivity contribution is 5.35. The molecule has 6 heteroatoms. The molecule has 7 bridgehead atoms. The molecule has 1 heterocycles. The number of piperidine rings is 1. The average molecular weight is 422 g/mol. The number of aliphatic hydroxyl groups excluding tert-OH is 2. The van der Waals surface area contributed by atoms with Gasteiger partial charge >= 0.3 is 0 Å². The first-order valence-electron chi connectivity index (χ1n) is 12.1. The summed E-state index contributed by atoms with van der Waals surface area (Å²) in [6.45, 7) is 6.69. The van der Waals surface area contributed by atoms with Crippen LogP contribution in [-0.4, -0.2) is 85.6 Å². The maximum Gasteiger partial charge on any atom is 0.0827 e. The zero-order valence-corrected chi connectivity index (χ0v) is 19.1. The summed E-state index contributed by atoms with van der Waals surface area (Å²) < 4.78 is 18.7. The number of rotatable bonds is 4. The van der Waals surface area contributed by atoms with E-state index in [0.717, 1.165) is 38.8 Å². The van der Waals surface area contributed by atoms with Crippen molar-refractivity contribution in [2.24, 2.45) is 40.4 Å². The van der Waals surface area contributed by atoms with Gasteiger partial charge in [0.15, 0.2) is 0 Å². The Kier molecular flexibility index (Phi) is 4.21. The monoisotopic (exact) mass is 421 g/mol. The summed E-state index contributed by atoms with van der Waals surface area (Å²) in [7, 11) is 5.43. The Morgan fingerprint density at radius 2 is 1.83 bits per heavy atom. The van der Waals surface area contributed by atoms with Crippen molar-refractivity contribution in [3.8, 4) is 0 Å². The SMILES string of the molecule is CCN1C[C@]2(C)CC[C@H](OC)[C@@]34[C@@H]5C[C@H]6[C@H](O)[C@@H]5[C@](OC)(C[C@@H]6OC)[C@@H]([C@H](O)[C@H]23)[C@@H]14. The van der Waals surface area contributed by atoms with Crippen LogP contribution in [0.5, 0.6) is 0 Å². The number of aliphatic hydroxyl groups is 2. The lowest BCUT2D eigenvalue weighted by molar-refractivity contribution is -0.276. The molecule has 170 valence electrons. The molecule has 0 aromatic rings. The lowest BCUT2D eigenvalue weighted by Crippen LogP contribution is -2.76. The van der Waals surface area contributed by atoms with Gasteiger partial charge in [-0.05, 0) is 37.1 Å². The van der Waals surface area contributed by atoms with Gasteiger partial charge in [0.2, 0.25) is 0 Å². The minimum absolute atomic E-state index is 0.0161. The molecule has 1 saturated heterocycles. The number of hydrogen-bond donors (Lipinski definition) is 2. The average Bonchev–Trinajstić information content (AvgIpc) is 3.11. The summed E-state index contributed by atoms with van der Waals surface area (Å²) in [5.74, 6) is 0.686. The number of hydrogen-bond acceptors (Lipinski definition) is 6. The van der Waals surface area contributed by atoms with Crippen molar-refractivity contribution in [2.45, 2.75) is 75.6 Å². The van der Waals surface area contributed by atoms with Crippen molar-refractivity contribution in [3.63, 3.8) is 0 Å². The maximum atomic E-state index is 12.1. The van der Waals surface area contributed by atoms with Crippen LogP contribution in [0, 0.1) is 40.4 Å². The zero-order valence-electron chi connectivity index (χ0n) is 19.1. The third-order valence-electron chi connectivity index (χ3n) is 11.3. The smallest absolute Gasteiger partial charge is 0.0827 e. The van der Waals surface area contributed by atoms with E-state index in [2.05, 4.69) is 18.7 Å². The Labute approximate surface area is 180 Å². The van der Waals surface area contributed by atoms with Gasteiger partial charge in [-0.1, -0.05) is 13.8 Å². The van der Waals surface area contributed by atoms with E-state index in [0.29, 0.717) is 5.92 Å². The van der Waals surface area contributed by atoms with Gasteiger partial charge in [-0.15, -0.1) is 0 Å². The maximum absolute atomic E-state index is 12.1. The van der Waals surface area contributed by atoms with Crippen molar-refractivity contribution in [2.75, 3.05) is 34.4 Å². The van der Waals surface area contributed by atoms with Crippen molar-refractivity contribution in [3.05, 3.63) is 0 Å². The first-order chi connectivity index (χ1) is 14.4. The van der Waals surface area contributed by atoms with E-state index < -0.39 is 17.8 Å². The van der Waals surface area contributed by atoms with E-state index in [1.807, 2.05) is 7.11 Å². The Morgan fingerprint density at radius 1 is 1.07 bits per heavy atom. The Balaban J connectivity index is 1.64. The third kappa shape index (κ3) is 1.88. The molecule has 0 unspecified atom stereocenters. The highest BCUT2D eigenvalue weighted by atomic mass is 16.5. The summed E-state index contributed by atoms with van der Waals surface area (Å²) >= 11 is 0. The normalized spacial score (nSPS) is 63.3. The van der Waals surface area contributed by atoms with Gasteiger partial charge < -0.3 is 24.4 Å². The molecule has 6 fully saturated rings. The molecule has 5 aliphatic carbocycles. The van der Waals surface area contributed by atoms with Crippen molar-refractivity contribution >= 4 is 0 Å². The molecule has 0 radical (unpaired) electrons. The van der Waals surface area contributed by atoms with E-state index in [9.17, 15) is 10.2 Å². The fourth-order valence-electron chi connectivity index (χ4n) is 10.8. The standard InChI is InChI=1S/C24H39NO5/c1-6-25-11-22(2)8-7-15(29-4)24-13-9-12-14(28-3)10-23(30-5,16(13)18(12)26)17(21(24)25)19(27)20(22)24/h12-21,26-27H,6-11H2,1-5H3/t12-,13-,14+,15+,16-,17+,18+,19+,20-,21-,22+,23-,24+/m1/s1. The largest absolute Gasteiger partial charge is 0.392 e. The number of likely N-dealkylation sites (tertiary alicyclic amines) is 1. The van der Waals surface area contributed by atoms with Gasteiger partial charge in [0.25, 0.3) is 0 Å².